The van der Waals surface area contributed by atoms with Gasteiger partial charge in [-0.05, 0) is 19.1 Å². The van der Waals surface area contributed by atoms with Crippen LogP contribution in [-0.2, 0) is 6.54 Å². The van der Waals surface area contributed by atoms with E-state index in [1.54, 1.807) is 18.4 Å². The number of para-hydroxylation sites is 2. The molecule has 0 N–H and O–H groups in total. The summed E-state index contributed by atoms with van der Waals surface area (Å²) in [4.78, 5) is 9.43. The molecule has 4 nitrogen and oxygen atoms in total. The van der Waals surface area contributed by atoms with Crippen LogP contribution in [0.15, 0.2) is 29.6 Å². The average Bonchev–Trinajstić information content (AvgIpc) is 2.93. The van der Waals surface area contributed by atoms with Crippen LogP contribution >= 0.6 is 11.3 Å². The molecule has 2 heterocycles. The molecule has 2 aromatic rings. The molecule has 112 valence electrons. The lowest BCUT2D eigenvalue weighted by molar-refractivity contribution is 0.246. The predicted octanol–water partition coefficient (Wildman–Crippen LogP) is 2.78. The predicted molar refractivity (Wildman–Crippen MR) is 87.3 cm³/mol. The summed E-state index contributed by atoms with van der Waals surface area (Å²) in [5, 5.41) is 3.32. The van der Waals surface area contributed by atoms with Crippen LogP contribution in [0, 0.1) is 6.92 Å². The van der Waals surface area contributed by atoms with Crippen LogP contribution < -0.4 is 9.64 Å². The minimum Gasteiger partial charge on any atom is -0.495 e. The quantitative estimate of drug-likeness (QED) is 0.868. The van der Waals surface area contributed by atoms with Gasteiger partial charge in [-0.1, -0.05) is 12.1 Å². The summed E-state index contributed by atoms with van der Waals surface area (Å²) < 4.78 is 5.46. The molecule has 1 aliphatic heterocycles. The van der Waals surface area contributed by atoms with Gasteiger partial charge in [0.2, 0.25) is 0 Å². The fourth-order valence-electron chi connectivity index (χ4n) is 2.75. The van der Waals surface area contributed by atoms with Crippen molar-refractivity contribution in [2.45, 2.75) is 13.5 Å². The second-order valence-corrected chi connectivity index (χ2v) is 6.36. The third kappa shape index (κ3) is 3.36. The fraction of sp³-hybridized carbons (Fsp3) is 0.438. The number of rotatable bonds is 4. The van der Waals surface area contributed by atoms with E-state index in [0.29, 0.717) is 0 Å². The first kappa shape index (κ1) is 14.4. The Kier molecular flexibility index (Phi) is 4.41. The van der Waals surface area contributed by atoms with E-state index in [0.717, 1.165) is 43.5 Å². The summed E-state index contributed by atoms with van der Waals surface area (Å²) in [5.41, 5.74) is 2.40. The van der Waals surface area contributed by atoms with E-state index in [9.17, 15) is 0 Å². The van der Waals surface area contributed by atoms with E-state index < -0.39 is 0 Å². The molecule has 1 saturated heterocycles. The minimum atomic E-state index is 0.959. The van der Waals surface area contributed by atoms with E-state index in [2.05, 4.69) is 39.2 Å². The van der Waals surface area contributed by atoms with Crippen LogP contribution in [-0.4, -0.2) is 43.2 Å². The number of anilines is 1. The highest BCUT2D eigenvalue weighted by Gasteiger charge is 2.19. The third-order valence-electron chi connectivity index (χ3n) is 3.85. The van der Waals surface area contributed by atoms with Crippen molar-refractivity contribution in [1.82, 2.24) is 9.88 Å². The van der Waals surface area contributed by atoms with Crippen LogP contribution in [0.5, 0.6) is 5.75 Å². The van der Waals surface area contributed by atoms with E-state index in [-0.39, 0.29) is 0 Å². The number of thiazole rings is 1. The minimum absolute atomic E-state index is 0.959. The van der Waals surface area contributed by atoms with E-state index in [1.165, 1.54) is 11.4 Å². The normalized spacial score (nSPS) is 16.2. The molecule has 0 unspecified atom stereocenters. The monoisotopic (exact) mass is 303 g/mol. The van der Waals surface area contributed by atoms with Crippen LogP contribution in [0.2, 0.25) is 0 Å². The third-order valence-corrected chi connectivity index (χ3v) is 4.67. The average molecular weight is 303 g/mol. The molecule has 0 radical (unpaired) electrons. The Hall–Kier alpha value is -1.59. The van der Waals surface area contributed by atoms with Gasteiger partial charge in [-0.3, -0.25) is 4.90 Å². The zero-order valence-corrected chi connectivity index (χ0v) is 13.4. The molecule has 21 heavy (non-hydrogen) atoms. The van der Waals surface area contributed by atoms with Gasteiger partial charge in [0.15, 0.2) is 0 Å². The highest BCUT2D eigenvalue weighted by atomic mass is 32.1. The van der Waals surface area contributed by atoms with Crippen LogP contribution in [0.3, 0.4) is 0 Å². The van der Waals surface area contributed by atoms with Gasteiger partial charge in [0.25, 0.3) is 0 Å². The van der Waals surface area contributed by atoms with Crippen molar-refractivity contribution in [2.75, 3.05) is 38.2 Å². The molecule has 1 aromatic heterocycles. The number of ether oxygens (including phenoxy) is 1. The second kappa shape index (κ2) is 6.45. The number of hydrogen-bond donors (Lipinski definition) is 0. The van der Waals surface area contributed by atoms with Crippen molar-refractivity contribution < 1.29 is 4.74 Å². The number of piperazine rings is 1. The number of hydrogen-bond acceptors (Lipinski definition) is 5. The molecule has 0 aliphatic carbocycles. The van der Waals surface area contributed by atoms with Crippen molar-refractivity contribution in [1.29, 1.82) is 0 Å². The fourth-order valence-corrected chi connectivity index (χ4v) is 3.35. The van der Waals surface area contributed by atoms with E-state index in [1.807, 2.05) is 12.1 Å². The Morgan fingerprint density at radius 1 is 1.19 bits per heavy atom. The lowest BCUT2D eigenvalue weighted by atomic mass is 10.2. The van der Waals surface area contributed by atoms with Crippen molar-refractivity contribution in [3.05, 3.63) is 40.3 Å². The summed E-state index contributed by atoms with van der Waals surface area (Å²) in [7, 11) is 1.74. The molecule has 1 aliphatic rings. The number of benzene rings is 1. The molecule has 3 rings (SSSR count). The zero-order chi connectivity index (χ0) is 14.7. The van der Waals surface area contributed by atoms with Crippen molar-refractivity contribution in [2.24, 2.45) is 0 Å². The Labute approximate surface area is 130 Å². The van der Waals surface area contributed by atoms with Gasteiger partial charge in [0.1, 0.15) is 5.75 Å². The van der Waals surface area contributed by atoms with Crippen LogP contribution in [0.4, 0.5) is 5.69 Å². The molecule has 0 atom stereocenters. The summed E-state index contributed by atoms with van der Waals surface area (Å²) >= 11 is 1.73. The van der Waals surface area contributed by atoms with Crippen LogP contribution in [0.1, 0.15) is 10.7 Å². The van der Waals surface area contributed by atoms with Gasteiger partial charge in [0.05, 0.1) is 23.5 Å². The SMILES string of the molecule is COc1ccccc1N1CCN(Cc2csc(C)n2)CC1. The maximum absolute atomic E-state index is 5.46. The summed E-state index contributed by atoms with van der Waals surface area (Å²) in [6, 6.07) is 8.25. The Morgan fingerprint density at radius 2 is 1.95 bits per heavy atom. The number of aromatic nitrogens is 1. The smallest absolute Gasteiger partial charge is 0.142 e. The largest absolute Gasteiger partial charge is 0.495 e. The molecule has 5 heteroatoms. The van der Waals surface area contributed by atoms with E-state index in [4.69, 9.17) is 4.74 Å². The highest BCUT2D eigenvalue weighted by Crippen LogP contribution is 2.28. The van der Waals surface area contributed by atoms with Gasteiger partial charge < -0.3 is 9.64 Å². The second-order valence-electron chi connectivity index (χ2n) is 5.29. The van der Waals surface area contributed by atoms with Gasteiger partial charge in [-0.2, -0.15) is 0 Å². The molecule has 1 aromatic carbocycles. The zero-order valence-electron chi connectivity index (χ0n) is 12.6. The number of methoxy groups -OCH3 is 1. The Morgan fingerprint density at radius 3 is 2.62 bits per heavy atom. The molecule has 0 saturated carbocycles. The summed E-state index contributed by atoms with van der Waals surface area (Å²) in [5.74, 6) is 0.959. The first-order chi connectivity index (χ1) is 10.3. The lowest BCUT2D eigenvalue weighted by Crippen LogP contribution is -2.46. The van der Waals surface area contributed by atoms with Gasteiger partial charge in [-0.25, -0.2) is 4.98 Å². The Balaban J connectivity index is 1.60. The van der Waals surface area contributed by atoms with Crippen molar-refractivity contribution in [3.8, 4) is 5.75 Å². The standard InChI is InChI=1S/C16H21N3OS/c1-13-17-14(12-21-13)11-18-7-9-19(10-8-18)15-5-3-4-6-16(15)20-2/h3-6,12H,7-11H2,1-2H3. The number of nitrogens with zero attached hydrogens (tertiary/aromatic N) is 3. The Bertz CT molecular complexity index is 591. The molecular weight excluding hydrogens is 282 g/mol. The van der Waals surface area contributed by atoms with Gasteiger partial charge >= 0.3 is 0 Å². The topological polar surface area (TPSA) is 28.6 Å². The highest BCUT2D eigenvalue weighted by molar-refractivity contribution is 7.09. The molecule has 0 spiro atoms. The first-order valence-corrected chi connectivity index (χ1v) is 8.15. The molecular formula is C16H21N3OS. The van der Waals surface area contributed by atoms with Crippen molar-refractivity contribution in [3.63, 3.8) is 0 Å². The molecule has 0 amide bonds. The summed E-state index contributed by atoms with van der Waals surface area (Å²) in [6.07, 6.45) is 0. The lowest BCUT2D eigenvalue weighted by Gasteiger charge is -2.36. The molecule has 1 fully saturated rings. The maximum Gasteiger partial charge on any atom is 0.142 e. The maximum atomic E-state index is 5.46. The van der Waals surface area contributed by atoms with E-state index >= 15 is 0 Å². The van der Waals surface area contributed by atoms with Crippen LogP contribution in [0.25, 0.3) is 0 Å². The van der Waals surface area contributed by atoms with Gasteiger partial charge in [-0.15, -0.1) is 11.3 Å². The molecule has 0 bridgehead atoms. The van der Waals surface area contributed by atoms with Crippen molar-refractivity contribution >= 4 is 17.0 Å². The number of aryl methyl sites for hydroxylation is 1. The summed E-state index contributed by atoms with van der Waals surface area (Å²) in [6.45, 7) is 7.22. The van der Waals surface area contributed by atoms with Gasteiger partial charge in [0, 0.05) is 38.1 Å². The first-order valence-electron chi connectivity index (χ1n) is 7.27.